The summed E-state index contributed by atoms with van der Waals surface area (Å²) >= 11 is 6.18. The SMILES string of the molecule is C[C@@H](Nc1nc(Cl)nc2c1CN(C(=O)N1CCN(C)C(c3ccncc3)C1)C2)c1cccc(C(F)F)c1F. The summed E-state index contributed by atoms with van der Waals surface area (Å²) in [6.45, 7) is 3.97. The van der Waals surface area contributed by atoms with E-state index in [0.717, 1.165) is 18.2 Å². The van der Waals surface area contributed by atoms with Gasteiger partial charge in [0, 0.05) is 43.2 Å². The van der Waals surface area contributed by atoms with Gasteiger partial charge in [0.05, 0.1) is 36.4 Å². The summed E-state index contributed by atoms with van der Waals surface area (Å²) in [5.41, 5.74) is 1.77. The highest BCUT2D eigenvalue weighted by Crippen LogP contribution is 2.34. The third-order valence-electron chi connectivity index (χ3n) is 7.15. The molecule has 2 aromatic heterocycles. The second-order valence-corrected chi connectivity index (χ2v) is 9.88. The molecule has 5 rings (SSSR count). The number of hydrogen-bond donors (Lipinski definition) is 1. The van der Waals surface area contributed by atoms with Crippen molar-refractivity contribution in [1.29, 1.82) is 0 Å². The van der Waals surface area contributed by atoms with Crippen molar-refractivity contribution in [3.63, 3.8) is 0 Å². The molecule has 0 aliphatic carbocycles. The molecule has 1 unspecified atom stereocenters. The van der Waals surface area contributed by atoms with E-state index in [1.54, 1.807) is 24.2 Å². The van der Waals surface area contributed by atoms with Crippen LogP contribution < -0.4 is 5.32 Å². The van der Waals surface area contributed by atoms with E-state index in [-0.39, 0.29) is 36.0 Å². The summed E-state index contributed by atoms with van der Waals surface area (Å²) in [5, 5.41) is 3.07. The highest BCUT2D eigenvalue weighted by molar-refractivity contribution is 6.28. The quantitative estimate of drug-likeness (QED) is 0.444. The number of rotatable bonds is 5. The number of anilines is 1. The van der Waals surface area contributed by atoms with E-state index in [4.69, 9.17) is 11.6 Å². The largest absolute Gasteiger partial charge is 0.363 e. The Kier molecular flexibility index (Phi) is 7.40. The Bertz CT molecular complexity index is 1330. The molecule has 4 heterocycles. The van der Waals surface area contributed by atoms with Crippen molar-refractivity contribution >= 4 is 23.4 Å². The number of urea groups is 1. The Balaban J connectivity index is 1.33. The molecule has 1 fully saturated rings. The molecule has 0 radical (unpaired) electrons. The molecule has 200 valence electrons. The van der Waals surface area contributed by atoms with Crippen molar-refractivity contribution in [2.45, 2.75) is 38.5 Å². The molecule has 0 spiro atoms. The molecule has 38 heavy (non-hydrogen) atoms. The van der Waals surface area contributed by atoms with Gasteiger partial charge in [0.15, 0.2) is 0 Å². The van der Waals surface area contributed by atoms with Crippen LogP contribution in [-0.4, -0.2) is 62.4 Å². The summed E-state index contributed by atoms with van der Waals surface area (Å²) in [7, 11) is 2.04. The minimum absolute atomic E-state index is 0.0214. The van der Waals surface area contributed by atoms with E-state index in [1.165, 1.54) is 12.1 Å². The first-order valence-corrected chi connectivity index (χ1v) is 12.6. The molecule has 12 heteroatoms. The number of pyridine rings is 1. The summed E-state index contributed by atoms with van der Waals surface area (Å²) in [6.07, 6.45) is 0.565. The smallest absolute Gasteiger partial charge is 0.320 e. The Morgan fingerprint density at radius 2 is 1.82 bits per heavy atom. The standard InChI is InChI=1S/C26H27ClF3N7O/c1-15(17-4-3-5-18(22(17)28)23(29)30)32-24-19-12-37(13-20(19)33-25(27)34-24)26(38)36-11-10-35(2)21(14-36)16-6-8-31-9-7-16/h3-9,15,21,23H,10-14H2,1-2H3,(H,32,33,34)/t15-,21?/m1/s1. The van der Waals surface area contributed by atoms with Crippen molar-refractivity contribution in [3.8, 4) is 0 Å². The van der Waals surface area contributed by atoms with E-state index >= 15 is 0 Å². The topological polar surface area (TPSA) is 77.5 Å². The molecule has 1 saturated heterocycles. The molecule has 2 atom stereocenters. The maximum absolute atomic E-state index is 14.7. The highest BCUT2D eigenvalue weighted by atomic mass is 35.5. The summed E-state index contributed by atoms with van der Waals surface area (Å²) in [5.74, 6) is -0.618. The van der Waals surface area contributed by atoms with Crippen molar-refractivity contribution in [1.82, 2.24) is 29.7 Å². The number of hydrogen-bond acceptors (Lipinski definition) is 6. The molecule has 2 aliphatic rings. The first kappa shape index (κ1) is 26.2. The fourth-order valence-electron chi connectivity index (χ4n) is 5.03. The molecular formula is C26H27ClF3N7O. The lowest BCUT2D eigenvalue weighted by molar-refractivity contribution is 0.0890. The second kappa shape index (κ2) is 10.7. The Hall–Kier alpha value is -3.44. The Labute approximate surface area is 223 Å². The molecule has 2 amide bonds. The number of aromatic nitrogens is 3. The lowest BCUT2D eigenvalue weighted by Crippen LogP contribution is -2.52. The van der Waals surface area contributed by atoms with Gasteiger partial charge in [-0.3, -0.25) is 9.88 Å². The molecule has 2 aliphatic heterocycles. The van der Waals surface area contributed by atoms with Gasteiger partial charge < -0.3 is 15.1 Å². The van der Waals surface area contributed by atoms with Crippen molar-refractivity contribution in [2.75, 3.05) is 32.0 Å². The predicted octanol–water partition coefficient (Wildman–Crippen LogP) is 5.20. The Morgan fingerprint density at radius 3 is 2.55 bits per heavy atom. The lowest BCUT2D eigenvalue weighted by Gasteiger charge is -2.40. The third kappa shape index (κ3) is 5.12. The van der Waals surface area contributed by atoms with E-state index in [1.807, 2.05) is 24.1 Å². The van der Waals surface area contributed by atoms with E-state index < -0.39 is 23.8 Å². The van der Waals surface area contributed by atoms with Gasteiger partial charge >= 0.3 is 6.03 Å². The number of fused-ring (bicyclic) bond motifs is 1. The lowest BCUT2D eigenvalue weighted by atomic mass is 10.0. The first-order chi connectivity index (χ1) is 18.2. The maximum Gasteiger partial charge on any atom is 0.320 e. The van der Waals surface area contributed by atoms with Gasteiger partial charge in [0.25, 0.3) is 6.43 Å². The molecule has 1 N–H and O–H groups in total. The van der Waals surface area contributed by atoms with E-state index in [0.29, 0.717) is 30.2 Å². The van der Waals surface area contributed by atoms with Crippen LogP contribution in [0.2, 0.25) is 5.28 Å². The molecule has 1 aromatic carbocycles. The molecular weight excluding hydrogens is 519 g/mol. The minimum atomic E-state index is -2.92. The van der Waals surface area contributed by atoms with Crippen molar-refractivity contribution < 1.29 is 18.0 Å². The highest BCUT2D eigenvalue weighted by Gasteiger charge is 2.35. The normalized spacial score (nSPS) is 18.6. The van der Waals surface area contributed by atoms with Crippen LogP contribution >= 0.6 is 11.6 Å². The molecule has 8 nitrogen and oxygen atoms in total. The number of amides is 2. The summed E-state index contributed by atoms with van der Waals surface area (Å²) < 4.78 is 41.1. The average Bonchev–Trinajstić information content (AvgIpc) is 3.33. The number of nitrogens with zero attached hydrogens (tertiary/aromatic N) is 6. The fraction of sp³-hybridized carbons (Fsp3) is 0.385. The van der Waals surface area contributed by atoms with Crippen LogP contribution in [-0.2, 0) is 13.1 Å². The van der Waals surface area contributed by atoms with Crippen molar-refractivity contribution in [3.05, 3.63) is 81.8 Å². The molecule has 0 saturated carbocycles. The van der Waals surface area contributed by atoms with Crippen LogP contribution in [0.4, 0.5) is 23.8 Å². The zero-order chi connectivity index (χ0) is 27.0. The summed E-state index contributed by atoms with van der Waals surface area (Å²) in [6, 6.07) is 7.06. The number of halogens is 4. The third-order valence-corrected chi connectivity index (χ3v) is 7.32. The van der Waals surface area contributed by atoms with Crippen LogP contribution in [0.25, 0.3) is 0 Å². The molecule has 3 aromatic rings. The number of nitrogens with one attached hydrogen (secondary N) is 1. The van der Waals surface area contributed by atoms with Crippen LogP contribution in [0, 0.1) is 5.82 Å². The second-order valence-electron chi connectivity index (χ2n) is 9.55. The average molecular weight is 546 g/mol. The fourth-order valence-corrected chi connectivity index (χ4v) is 5.21. The van der Waals surface area contributed by atoms with Gasteiger partial charge in [-0.1, -0.05) is 18.2 Å². The van der Waals surface area contributed by atoms with Gasteiger partial charge in [-0.2, -0.15) is 0 Å². The van der Waals surface area contributed by atoms with Crippen LogP contribution in [0.3, 0.4) is 0 Å². The minimum Gasteiger partial charge on any atom is -0.363 e. The van der Waals surface area contributed by atoms with Gasteiger partial charge in [-0.15, -0.1) is 0 Å². The maximum atomic E-state index is 14.7. The predicted molar refractivity (Wildman–Crippen MR) is 136 cm³/mol. The van der Waals surface area contributed by atoms with Crippen molar-refractivity contribution in [2.24, 2.45) is 0 Å². The van der Waals surface area contributed by atoms with E-state index in [2.05, 4.69) is 25.2 Å². The van der Waals surface area contributed by atoms with Crippen LogP contribution in [0.15, 0.2) is 42.7 Å². The van der Waals surface area contributed by atoms with Gasteiger partial charge in [0.1, 0.15) is 11.6 Å². The van der Waals surface area contributed by atoms with Gasteiger partial charge in [0.2, 0.25) is 5.28 Å². The number of likely N-dealkylation sites (N-methyl/N-ethyl adjacent to an activating group) is 1. The number of alkyl halides is 2. The first-order valence-electron chi connectivity index (χ1n) is 12.2. The summed E-state index contributed by atoms with van der Waals surface area (Å²) in [4.78, 5) is 31.9. The van der Waals surface area contributed by atoms with Gasteiger partial charge in [-0.05, 0) is 43.3 Å². The van der Waals surface area contributed by atoms with Crippen LogP contribution in [0.1, 0.15) is 53.4 Å². The van der Waals surface area contributed by atoms with Crippen LogP contribution in [0.5, 0.6) is 0 Å². The zero-order valence-corrected chi connectivity index (χ0v) is 21.7. The number of carbonyl (C=O) groups excluding carboxylic acids is 1. The number of carbonyl (C=O) groups is 1. The Morgan fingerprint density at radius 1 is 1.08 bits per heavy atom. The monoisotopic (exact) mass is 545 g/mol. The number of piperazine rings is 1. The number of benzene rings is 1. The zero-order valence-electron chi connectivity index (χ0n) is 20.9. The molecule has 0 bridgehead atoms. The van der Waals surface area contributed by atoms with E-state index in [9.17, 15) is 18.0 Å². The van der Waals surface area contributed by atoms with Gasteiger partial charge in [-0.25, -0.2) is 27.9 Å².